The van der Waals surface area contributed by atoms with Crippen LogP contribution >= 0.6 is 0 Å². The van der Waals surface area contributed by atoms with Gasteiger partial charge in [-0.1, -0.05) is 24.3 Å². The molecule has 0 aliphatic carbocycles. The van der Waals surface area contributed by atoms with Crippen molar-refractivity contribution in [2.24, 2.45) is 0 Å². The largest absolute Gasteiger partial charge is 0.478 e. The molecule has 0 bridgehead atoms. The number of hydrogen-bond acceptors (Lipinski definition) is 2. The summed E-state index contributed by atoms with van der Waals surface area (Å²) in [6.07, 6.45) is 0.695. The van der Waals surface area contributed by atoms with Crippen LogP contribution in [0.5, 0.6) is 0 Å². The van der Waals surface area contributed by atoms with Gasteiger partial charge in [-0.05, 0) is 49.2 Å². The highest BCUT2D eigenvalue weighted by atomic mass is 19.1. The number of aromatic nitrogens is 2. The molecule has 0 saturated heterocycles. The van der Waals surface area contributed by atoms with Crippen LogP contribution in [0.3, 0.4) is 0 Å². The Bertz CT molecular complexity index is 897. The van der Waals surface area contributed by atoms with Crippen LogP contribution in [0.15, 0.2) is 48.5 Å². The van der Waals surface area contributed by atoms with Crippen LogP contribution in [-0.2, 0) is 13.0 Å². The van der Waals surface area contributed by atoms with Crippen molar-refractivity contribution < 1.29 is 14.3 Å². The summed E-state index contributed by atoms with van der Waals surface area (Å²) < 4.78 is 15.0. The van der Waals surface area contributed by atoms with Crippen molar-refractivity contribution in [3.63, 3.8) is 0 Å². The topological polar surface area (TPSA) is 55.1 Å². The maximum Gasteiger partial charge on any atom is 0.335 e. The normalized spacial score (nSPS) is 10.8. The fraction of sp³-hybridized carbons (Fsp3) is 0.200. The molecular weight excluding hydrogens is 319 g/mol. The number of benzene rings is 2. The Morgan fingerprint density at radius 3 is 2.24 bits per heavy atom. The predicted octanol–water partition coefficient (Wildman–Crippen LogP) is 3.98. The van der Waals surface area contributed by atoms with Gasteiger partial charge in [0.25, 0.3) is 0 Å². The number of hydrogen-bond donors (Lipinski definition) is 1. The number of carboxylic acid groups (broad SMARTS) is 1. The summed E-state index contributed by atoms with van der Waals surface area (Å²) in [5.74, 6) is -1.17. The van der Waals surface area contributed by atoms with E-state index in [1.54, 1.807) is 24.3 Å². The van der Waals surface area contributed by atoms with Gasteiger partial charge < -0.3 is 5.11 Å². The second-order valence-corrected chi connectivity index (χ2v) is 6.11. The molecule has 5 heteroatoms. The summed E-state index contributed by atoms with van der Waals surface area (Å²) in [6, 6.07) is 13.3. The van der Waals surface area contributed by atoms with Gasteiger partial charge in [-0.3, -0.25) is 4.68 Å². The van der Waals surface area contributed by atoms with Gasteiger partial charge in [-0.25, -0.2) is 9.18 Å². The molecule has 0 unspecified atom stereocenters. The molecule has 0 aliphatic heterocycles. The molecule has 0 spiro atoms. The van der Waals surface area contributed by atoms with Crippen LogP contribution < -0.4 is 0 Å². The van der Waals surface area contributed by atoms with Gasteiger partial charge in [0.15, 0.2) is 0 Å². The Balaban J connectivity index is 1.81. The Hall–Kier alpha value is -2.95. The zero-order valence-corrected chi connectivity index (χ0v) is 14.2. The lowest BCUT2D eigenvalue weighted by Crippen LogP contribution is -2.04. The molecule has 25 heavy (non-hydrogen) atoms. The van der Waals surface area contributed by atoms with Crippen molar-refractivity contribution in [1.29, 1.82) is 0 Å². The van der Waals surface area contributed by atoms with E-state index in [2.05, 4.69) is 5.10 Å². The molecule has 0 atom stereocenters. The van der Waals surface area contributed by atoms with Crippen LogP contribution in [-0.4, -0.2) is 20.9 Å². The molecule has 1 N–H and O–H groups in total. The SMILES string of the molecule is Cc1nn(Cc2ccc(F)cc2)c(C)c1Cc1ccc(C(=O)O)cc1. The summed E-state index contributed by atoms with van der Waals surface area (Å²) in [5.41, 5.74) is 5.45. The molecule has 3 aromatic rings. The lowest BCUT2D eigenvalue weighted by Gasteiger charge is -2.06. The van der Waals surface area contributed by atoms with E-state index < -0.39 is 5.97 Å². The van der Waals surface area contributed by atoms with Crippen molar-refractivity contribution in [2.45, 2.75) is 26.8 Å². The van der Waals surface area contributed by atoms with Crippen LogP contribution in [0.25, 0.3) is 0 Å². The van der Waals surface area contributed by atoms with Crippen LogP contribution in [0.4, 0.5) is 4.39 Å². The smallest absolute Gasteiger partial charge is 0.335 e. The zero-order valence-electron chi connectivity index (χ0n) is 14.2. The minimum atomic E-state index is -0.925. The van der Waals surface area contributed by atoms with E-state index in [0.717, 1.165) is 28.1 Å². The summed E-state index contributed by atoms with van der Waals surface area (Å²) >= 11 is 0. The highest BCUT2D eigenvalue weighted by molar-refractivity contribution is 5.87. The number of carbonyl (C=O) groups is 1. The van der Waals surface area contributed by atoms with Gasteiger partial charge in [0.2, 0.25) is 0 Å². The Labute approximate surface area is 145 Å². The van der Waals surface area contributed by atoms with E-state index in [0.29, 0.717) is 13.0 Å². The monoisotopic (exact) mass is 338 g/mol. The molecule has 0 aliphatic rings. The molecule has 1 aromatic heterocycles. The Morgan fingerprint density at radius 2 is 1.64 bits per heavy atom. The third-order valence-corrected chi connectivity index (χ3v) is 4.36. The van der Waals surface area contributed by atoms with E-state index >= 15 is 0 Å². The van der Waals surface area contributed by atoms with E-state index in [-0.39, 0.29) is 11.4 Å². The zero-order chi connectivity index (χ0) is 18.0. The summed E-state index contributed by atoms with van der Waals surface area (Å²) in [6.45, 7) is 4.57. The molecule has 128 valence electrons. The quantitative estimate of drug-likeness (QED) is 0.766. The first-order chi connectivity index (χ1) is 11.9. The highest BCUT2D eigenvalue weighted by Crippen LogP contribution is 2.19. The number of aryl methyl sites for hydroxylation is 1. The second-order valence-electron chi connectivity index (χ2n) is 6.11. The van der Waals surface area contributed by atoms with Crippen molar-refractivity contribution in [3.05, 3.63) is 88.0 Å². The average molecular weight is 338 g/mol. The Morgan fingerprint density at radius 1 is 1.04 bits per heavy atom. The van der Waals surface area contributed by atoms with Crippen molar-refractivity contribution in [3.8, 4) is 0 Å². The molecule has 4 nitrogen and oxygen atoms in total. The van der Waals surface area contributed by atoms with Gasteiger partial charge >= 0.3 is 5.97 Å². The summed E-state index contributed by atoms with van der Waals surface area (Å²) in [4.78, 5) is 10.9. The van der Waals surface area contributed by atoms with Crippen molar-refractivity contribution >= 4 is 5.97 Å². The van der Waals surface area contributed by atoms with Crippen molar-refractivity contribution in [2.75, 3.05) is 0 Å². The van der Waals surface area contributed by atoms with E-state index in [9.17, 15) is 9.18 Å². The lowest BCUT2D eigenvalue weighted by molar-refractivity contribution is 0.0697. The van der Waals surface area contributed by atoms with Crippen LogP contribution in [0.1, 0.15) is 38.4 Å². The maximum absolute atomic E-state index is 13.0. The highest BCUT2D eigenvalue weighted by Gasteiger charge is 2.13. The van der Waals surface area contributed by atoms with Crippen LogP contribution in [0.2, 0.25) is 0 Å². The first-order valence-corrected chi connectivity index (χ1v) is 8.03. The number of carboxylic acids is 1. The lowest BCUT2D eigenvalue weighted by atomic mass is 10.0. The number of rotatable bonds is 5. The molecule has 0 amide bonds. The minimum Gasteiger partial charge on any atom is -0.478 e. The van der Waals surface area contributed by atoms with Gasteiger partial charge in [0.05, 0.1) is 17.8 Å². The molecule has 3 rings (SSSR count). The molecule has 0 saturated carbocycles. The van der Waals surface area contributed by atoms with E-state index in [1.165, 1.54) is 12.1 Å². The molecule has 1 heterocycles. The standard InChI is InChI=1S/C20H19FN2O2/c1-13-19(11-15-3-7-17(8-4-15)20(24)25)14(2)23(22-13)12-16-5-9-18(21)10-6-16/h3-10H,11-12H2,1-2H3,(H,24,25). The minimum absolute atomic E-state index is 0.248. The summed E-state index contributed by atoms with van der Waals surface area (Å²) in [7, 11) is 0. The van der Waals surface area contributed by atoms with Crippen molar-refractivity contribution in [1.82, 2.24) is 9.78 Å². The number of halogens is 1. The van der Waals surface area contributed by atoms with Gasteiger partial charge in [-0.15, -0.1) is 0 Å². The first kappa shape index (κ1) is 16.9. The molecule has 0 fully saturated rings. The molecule has 2 aromatic carbocycles. The average Bonchev–Trinajstić information content (AvgIpc) is 2.85. The van der Waals surface area contributed by atoms with Gasteiger partial charge in [0, 0.05) is 17.7 Å². The number of aromatic carboxylic acids is 1. The fourth-order valence-corrected chi connectivity index (χ4v) is 2.88. The first-order valence-electron chi connectivity index (χ1n) is 8.03. The third-order valence-electron chi connectivity index (χ3n) is 4.36. The van der Waals surface area contributed by atoms with Crippen LogP contribution in [0, 0.1) is 19.7 Å². The Kier molecular flexibility index (Phi) is 4.65. The fourth-order valence-electron chi connectivity index (χ4n) is 2.88. The molecular formula is C20H19FN2O2. The second kappa shape index (κ2) is 6.89. The third kappa shape index (κ3) is 3.76. The van der Waals surface area contributed by atoms with E-state index in [4.69, 9.17) is 5.11 Å². The van der Waals surface area contributed by atoms with Gasteiger partial charge in [-0.2, -0.15) is 5.10 Å². The maximum atomic E-state index is 13.0. The van der Waals surface area contributed by atoms with Gasteiger partial charge in [0.1, 0.15) is 5.82 Å². The summed E-state index contributed by atoms with van der Waals surface area (Å²) in [5, 5.41) is 13.6. The number of nitrogens with zero attached hydrogens (tertiary/aromatic N) is 2. The predicted molar refractivity (Wildman–Crippen MR) is 93.4 cm³/mol. The molecule has 0 radical (unpaired) electrons. The van der Waals surface area contributed by atoms with E-state index in [1.807, 2.05) is 30.7 Å².